The molecule has 2 aliphatic heterocycles. The Kier molecular flexibility index (Phi) is 7.18. The van der Waals surface area contributed by atoms with Crippen molar-refractivity contribution in [2.24, 2.45) is 17.6 Å². The third kappa shape index (κ3) is 5.40. The van der Waals surface area contributed by atoms with Crippen molar-refractivity contribution >= 4 is 28.8 Å². The van der Waals surface area contributed by atoms with E-state index in [0.717, 1.165) is 70.0 Å². The zero-order valence-electron chi connectivity index (χ0n) is 22.7. The second kappa shape index (κ2) is 10.8. The molecular weight excluding hydrogens is 531 g/mol. The molecule has 3 aromatic heterocycles. The molecule has 6 rings (SSSR count). The molecule has 5 heterocycles. The first-order valence-electron chi connectivity index (χ1n) is 14.1. The van der Waals surface area contributed by atoms with Crippen LogP contribution in [0.15, 0.2) is 43.2 Å². The minimum absolute atomic E-state index is 0.0338. The van der Waals surface area contributed by atoms with Gasteiger partial charge in [0.2, 0.25) is 0 Å². The van der Waals surface area contributed by atoms with Crippen LogP contribution in [0.3, 0.4) is 0 Å². The standard InChI is InChI=1S/C29H34F3N9/c1-17(37-28-22(6-5-11-35-28)41-15-18-7-8-19(16-41)24(18)33)25-27(34)36-14-21(38-25)26-20(29(30,31)32)9-10-23(39-26)40-12-3-2-4-13-40/h5-6,9-11,14,18-19,24H,1-4,7-8,12-13,15-16,33H2,(H2,34,36)(H,35,37). The summed E-state index contributed by atoms with van der Waals surface area (Å²) >= 11 is 0. The highest BCUT2D eigenvalue weighted by atomic mass is 19.4. The number of piperidine rings is 2. The molecule has 3 aliphatic rings. The van der Waals surface area contributed by atoms with Gasteiger partial charge in [-0.25, -0.2) is 19.9 Å². The highest BCUT2D eigenvalue weighted by Crippen LogP contribution is 2.40. The first-order valence-corrected chi connectivity index (χ1v) is 14.1. The van der Waals surface area contributed by atoms with Crippen LogP contribution >= 0.6 is 0 Å². The summed E-state index contributed by atoms with van der Waals surface area (Å²) in [6, 6.07) is 6.56. The Hall–Kier alpha value is -3.93. The van der Waals surface area contributed by atoms with Crippen molar-refractivity contribution in [2.75, 3.05) is 47.0 Å². The normalized spacial score (nSPS) is 22.6. The van der Waals surface area contributed by atoms with Gasteiger partial charge in [-0.05, 0) is 68.2 Å². The van der Waals surface area contributed by atoms with E-state index in [0.29, 0.717) is 23.5 Å². The lowest BCUT2D eigenvalue weighted by Gasteiger charge is -2.38. The van der Waals surface area contributed by atoms with E-state index < -0.39 is 11.7 Å². The molecule has 1 saturated carbocycles. The van der Waals surface area contributed by atoms with Crippen molar-refractivity contribution in [2.45, 2.75) is 44.3 Å². The number of fused-ring (bicyclic) bond motifs is 2. The number of halogens is 3. The molecule has 41 heavy (non-hydrogen) atoms. The van der Waals surface area contributed by atoms with Crippen LogP contribution in [0.25, 0.3) is 17.1 Å². The lowest BCUT2D eigenvalue weighted by Crippen LogP contribution is -2.49. The maximum absolute atomic E-state index is 14.1. The minimum atomic E-state index is -4.62. The van der Waals surface area contributed by atoms with E-state index in [1.165, 1.54) is 12.3 Å². The minimum Gasteiger partial charge on any atom is -0.382 e. The maximum atomic E-state index is 14.1. The molecule has 0 radical (unpaired) electrons. The number of anilines is 4. The van der Waals surface area contributed by atoms with Gasteiger partial charge in [-0.2, -0.15) is 13.2 Å². The van der Waals surface area contributed by atoms with Crippen LogP contribution in [0.2, 0.25) is 0 Å². The van der Waals surface area contributed by atoms with E-state index >= 15 is 0 Å². The third-order valence-corrected chi connectivity index (χ3v) is 8.50. The van der Waals surface area contributed by atoms with Gasteiger partial charge in [-0.15, -0.1) is 0 Å². The number of rotatable bonds is 6. The SMILES string of the molecule is C=C(Nc1ncccc1N1CC2CCC(C1)C2N)c1nc(-c2nc(N3CCCCC3)ccc2C(F)(F)F)cnc1N. The fourth-order valence-corrected chi connectivity index (χ4v) is 6.32. The Morgan fingerprint density at radius 1 is 0.976 bits per heavy atom. The van der Waals surface area contributed by atoms with Gasteiger partial charge in [0.1, 0.15) is 22.9 Å². The Balaban J connectivity index is 1.31. The number of hydrogen-bond acceptors (Lipinski definition) is 9. The predicted molar refractivity (Wildman–Crippen MR) is 154 cm³/mol. The van der Waals surface area contributed by atoms with Crippen molar-refractivity contribution in [3.8, 4) is 11.4 Å². The van der Waals surface area contributed by atoms with Gasteiger partial charge in [0, 0.05) is 38.4 Å². The molecule has 3 fully saturated rings. The number of nitrogens with one attached hydrogen (secondary N) is 1. The van der Waals surface area contributed by atoms with Crippen LogP contribution in [0.4, 0.5) is 36.3 Å². The summed E-state index contributed by atoms with van der Waals surface area (Å²) < 4.78 is 42.2. The van der Waals surface area contributed by atoms with Gasteiger partial charge < -0.3 is 26.6 Å². The molecule has 2 atom stereocenters. The molecule has 2 saturated heterocycles. The first kappa shape index (κ1) is 27.3. The van der Waals surface area contributed by atoms with Crippen LogP contribution in [0.1, 0.15) is 43.4 Å². The Labute approximate surface area is 236 Å². The van der Waals surface area contributed by atoms with Crippen molar-refractivity contribution in [3.05, 3.63) is 54.5 Å². The summed E-state index contributed by atoms with van der Waals surface area (Å²) in [5.74, 6) is 1.93. The highest BCUT2D eigenvalue weighted by molar-refractivity contribution is 5.82. The van der Waals surface area contributed by atoms with Crippen molar-refractivity contribution < 1.29 is 13.2 Å². The molecule has 2 unspecified atom stereocenters. The molecule has 2 bridgehead atoms. The Morgan fingerprint density at radius 2 is 1.71 bits per heavy atom. The number of alkyl halides is 3. The van der Waals surface area contributed by atoms with Crippen LogP contribution in [0.5, 0.6) is 0 Å². The lowest BCUT2D eigenvalue weighted by atomic mass is 9.93. The average molecular weight is 566 g/mol. The molecule has 216 valence electrons. The molecule has 1 aliphatic carbocycles. The fraction of sp³-hybridized carbons (Fsp3) is 0.448. The Bertz CT molecular complexity index is 1420. The molecular formula is C29H34F3N9. The van der Waals surface area contributed by atoms with Gasteiger partial charge >= 0.3 is 6.18 Å². The largest absolute Gasteiger partial charge is 0.418 e. The maximum Gasteiger partial charge on any atom is 0.418 e. The van der Waals surface area contributed by atoms with E-state index in [2.05, 4.69) is 36.7 Å². The number of nitrogen functional groups attached to an aromatic ring is 1. The second-order valence-corrected chi connectivity index (χ2v) is 11.2. The number of pyridine rings is 2. The predicted octanol–water partition coefficient (Wildman–Crippen LogP) is 4.78. The van der Waals surface area contributed by atoms with Crippen molar-refractivity contribution in [1.82, 2.24) is 19.9 Å². The summed E-state index contributed by atoms with van der Waals surface area (Å²) in [4.78, 5) is 21.9. The fourth-order valence-electron chi connectivity index (χ4n) is 6.32. The molecule has 5 N–H and O–H groups in total. The van der Waals surface area contributed by atoms with Crippen molar-refractivity contribution in [3.63, 3.8) is 0 Å². The topological polar surface area (TPSA) is 122 Å². The smallest absolute Gasteiger partial charge is 0.382 e. The van der Waals surface area contributed by atoms with Crippen LogP contribution in [0, 0.1) is 11.8 Å². The third-order valence-electron chi connectivity index (χ3n) is 8.50. The summed E-state index contributed by atoms with van der Waals surface area (Å²) in [7, 11) is 0. The summed E-state index contributed by atoms with van der Waals surface area (Å²) in [6.45, 7) is 7.25. The van der Waals surface area contributed by atoms with Crippen molar-refractivity contribution in [1.29, 1.82) is 0 Å². The molecule has 0 spiro atoms. The zero-order valence-corrected chi connectivity index (χ0v) is 22.7. The van der Waals surface area contributed by atoms with E-state index in [-0.39, 0.29) is 34.6 Å². The Morgan fingerprint density at radius 3 is 2.41 bits per heavy atom. The molecule has 3 aromatic rings. The van der Waals surface area contributed by atoms with E-state index in [4.69, 9.17) is 11.5 Å². The molecule has 0 amide bonds. The summed E-state index contributed by atoms with van der Waals surface area (Å²) in [5, 5.41) is 3.20. The van der Waals surface area contributed by atoms with Gasteiger partial charge in [-0.1, -0.05) is 6.58 Å². The molecule has 9 nitrogen and oxygen atoms in total. The van der Waals surface area contributed by atoms with E-state index in [1.54, 1.807) is 6.20 Å². The van der Waals surface area contributed by atoms with Gasteiger partial charge in [0.15, 0.2) is 11.6 Å². The first-order chi connectivity index (χ1) is 19.7. The number of aromatic nitrogens is 4. The zero-order chi connectivity index (χ0) is 28.7. The molecule has 0 aromatic carbocycles. The quantitative estimate of drug-likeness (QED) is 0.388. The molecule has 12 heteroatoms. The number of hydrogen-bond donors (Lipinski definition) is 3. The second-order valence-electron chi connectivity index (χ2n) is 11.2. The van der Waals surface area contributed by atoms with Gasteiger partial charge in [-0.3, -0.25) is 0 Å². The van der Waals surface area contributed by atoms with Gasteiger partial charge in [0.25, 0.3) is 0 Å². The van der Waals surface area contributed by atoms with E-state index in [9.17, 15) is 13.2 Å². The van der Waals surface area contributed by atoms with Gasteiger partial charge in [0.05, 0.1) is 23.1 Å². The van der Waals surface area contributed by atoms with Crippen LogP contribution in [-0.4, -0.2) is 52.2 Å². The summed E-state index contributed by atoms with van der Waals surface area (Å²) in [6.07, 6.45) is 3.53. The monoisotopic (exact) mass is 565 g/mol. The average Bonchev–Trinajstić information content (AvgIpc) is 3.16. The van der Waals surface area contributed by atoms with E-state index in [1.807, 2.05) is 17.0 Å². The van der Waals surface area contributed by atoms with Crippen LogP contribution < -0.4 is 26.6 Å². The highest BCUT2D eigenvalue weighted by Gasteiger charge is 2.40. The number of nitrogens with zero attached hydrogens (tertiary/aromatic N) is 6. The number of nitrogens with two attached hydrogens (primary N) is 2. The summed E-state index contributed by atoms with van der Waals surface area (Å²) in [5.41, 5.74) is 12.7. The lowest BCUT2D eigenvalue weighted by molar-refractivity contribution is -0.137. The van der Waals surface area contributed by atoms with Crippen LogP contribution in [-0.2, 0) is 6.18 Å².